The first-order chi connectivity index (χ1) is 12.7. The third-order valence-electron chi connectivity index (χ3n) is 4.27. The van der Waals surface area contributed by atoms with Crippen LogP contribution in [0.15, 0.2) is 59.6 Å². The van der Waals surface area contributed by atoms with Crippen molar-refractivity contribution in [3.05, 3.63) is 60.2 Å². The Bertz CT molecular complexity index is 673. The van der Waals surface area contributed by atoms with E-state index in [-0.39, 0.29) is 0 Å². The lowest BCUT2D eigenvalue weighted by Crippen LogP contribution is -2.37. The second-order valence-corrected chi connectivity index (χ2v) is 6.13. The number of hydrogen-bond acceptors (Lipinski definition) is 3. The van der Waals surface area contributed by atoms with Gasteiger partial charge in [0.2, 0.25) is 0 Å². The number of aliphatic imine (C=N–C) groups is 1. The second-order valence-electron chi connectivity index (χ2n) is 6.13. The highest BCUT2D eigenvalue weighted by Crippen LogP contribution is 2.16. The maximum Gasteiger partial charge on any atom is 0.191 e. The molecule has 2 N–H and O–H groups in total. The molecule has 0 radical (unpaired) electrons. The molecule has 140 valence electrons. The maximum atomic E-state index is 5.38. The minimum atomic E-state index is 0.681. The number of nitrogens with zero attached hydrogens (tertiary/aromatic N) is 2. The summed E-state index contributed by atoms with van der Waals surface area (Å²) < 4.78 is 5.38. The molecule has 2 rings (SSSR count). The van der Waals surface area contributed by atoms with E-state index in [2.05, 4.69) is 57.9 Å². The van der Waals surface area contributed by atoms with Crippen molar-refractivity contribution in [1.82, 2.24) is 10.6 Å². The molecule has 2 aromatic carbocycles. The van der Waals surface area contributed by atoms with Gasteiger partial charge in [0.05, 0.1) is 7.11 Å². The molecule has 0 unspecified atom stereocenters. The van der Waals surface area contributed by atoms with E-state index in [9.17, 15) is 0 Å². The zero-order valence-corrected chi connectivity index (χ0v) is 16.0. The molecule has 5 heteroatoms. The van der Waals surface area contributed by atoms with Gasteiger partial charge in [-0.25, -0.2) is 0 Å². The number of nitrogens with one attached hydrogen (secondary N) is 2. The van der Waals surface area contributed by atoms with Crippen molar-refractivity contribution in [2.45, 2.75) is 19.4 Å². The number of anilines is 1. The molecule has 2 aromatic rings. The summed E-state index contributed by atoms with van der Waals surface area (Å²) in [4.78, 5) is 6.57. The minimum Gasteiger partial charge on any atom is -0.496 e. The highest BCUT2D eigenvalue weighted by molar-refractivity contribution is 5.79. The number of para-hydroxylation sites is 2. The highest BCUT2D eigenvalue weighted by atomic mass is 16.5. The summed E-state index contributed by atoms with van der Waals surface area (Å²) in [6.45, 7) is 2.62. The van der Waals surface area contributed by atoms with Gasteiger partial charge >= 0.3 is 0 Å². The third kappa shape index (κ3) is 6.31. The van der Waals surface area contributed by atoms with E-state index >= 15 is 0 Å². The molecule has 0 atom stereocenters. The van der Waals surface area contributed by atoms with Crippen LogP contribution in [-0.2, 0) is 6.54 Å². The molecular formula is C21H30N4O. The Hall–Kier alpha value is -2.69. The van der Waals surface area contributed by atoms with Crippen molar-refractivity contribution in [1.29, 1.82) is 0 Å². The zero-order chi connectivity index (χ0) is 18.6. The van der Waals surface area contributed by atoms with Gasteiger partial charge < -0.3 is 20.3 Å². The minimum absolute atomic E-state index is 0.681. The Morgan fingerprint density at radius 1 is 1.00 bits per heavy atom. The van der Waals surface area contributed by atoms with E-state index in [1.165, 1.54) is 5.69 Å². The van der Waals surface area contributed by atoms with Crippen LogP contribution >= 0.6 is 0 Å². The summed E-state index contributed by atoms with van der Waals surface area (Å²) in [5.41, 5.74) is 2.37. The molecule has 0 saturated carbocycles. The number of guanidine groups is 1. The molecule has 0 spiro atoms. The van der Waals surface area contributed by atoms with Gasteiger partial charge in [-0.2, -0.15) is 0 Å². The number of unbranched alkanes of at least 4 members (excludes halogenated alkanes) is 1. The van der Waals surface area contributed by atoms with E-state index in [1.54, 1.807) is 14.2 Å². The van der Waals surface area contributed by atoms with E-state index in [0.717, 1.165) is 43.2 Å². The number of rotatable bonds is 9. The van der Waals surface area contributed by atoms with E-state index in [1.807, 2.05) is 24.3 Å². The van der Waals surface area contributed by atoms with Gasteiger partial charge in [-0.05, 0) is 31.0 Å². The van der Waals surface area contributed by atoms with E-state index < -0.39 is 0 Å². The van der Waals surface area contributed by atoms with Gasteiger partial charge in [0.15, 0.2) is 5.96 Å². The van der Waals surface area contributed by atoms with Crippen LogP contribution in [0, 0.1) is 0 Å². The third-order valence-corrected chi connectivity index (χ3v) is 4.27. The molecule has 26 heavy (non-hydrogen) atoms. The number of methoxy groups -OCH3 is 1. The van der Waals surface area contributed by atoms with Crippen LogP contribution in [0.1, 0.15) is 18.4 Å². The summed E-state index contributed by atoms with van der Waals surface area (Å²) in [5, 5.41) is 6.70. The Morgan fingerprint density at radius 3 is 2.46 bits per heavy atom. The standard InChI is InChI=1S/C21H30N4O/c1-22-21(24-17-18-11-7-8-14-20(18)26-3)23-15-9-10-16-25(2)19-12-5-4-6-13-19/h4-8,11-14H,9-10,15-17H2,1-3H3,(H2,22,23,24). The topological polar surface area (TPSA) is 48.9 Å². The summed E-state index contributed by atoms with van der Waals surface area (Å²) in [5.74, 6) is 1.70. The molecule has 0 fully saturated rings. The molecule has 0 saturated heterocycles. The fourth-order valence-corrected chi connectivity index (χ4v) is 2.74. The van der Waals surface area contributed by atoms with Crippen LogP contribution in [0.4, 0.5) is 5.69 Å². The molecule has 0 aliphatic carbocycles. The van der Waals surface area contributed by atoms with Gasteiger partial charge in [-0.3, -0.25) is 4.99 Å². The van der Waals surface area contributed by atoms with Crippen molar-refractivity contribution in [2.24, 2.45) is 4.99 Å². The average Bonchev–Trinajstić information content (AvgIpc) is 2.70. The lowest BCUT2D eigenvalue weighted by Gasteiger charge is -2.19. The van der Waals surface area contributed by atoms with Crippen LogP contribution in [0.5, 0.6) is 5.75 Å². The average molecular weight is 354 g/mol. The molecule has 0 aromatic heterocycles. The van der Waals surface area contributed by atoms with Gasteiger partial charge in [0.25, 0.3) is 0 Å². The second kappa shape index (κ2) is 11.0. The van der Waals surface area contributed by atoms with Gasteiger partial charge in [-0.15, -0.1) is 0 Å². The van der Waals surface area contributed by atoms with E-state index in [0.29, 0.717) is 6.54 Å². The van der Waals surface area contributed by atoms with Crippen LogP contribution in [-0.4, -0.2) is 40.3 Å². The van der Waals surface area contributed by atoms with Crippen LogP contribution in [0.3, 0.4) is 0 Å². The first kappa shape index (κ1) is 19.6. The summed E-state index contributed by atoms with van der Waals surface area (Å²) in [6.07, 6.45) is 2.22. The SMILES string of the molecule is CN=C(NCCCCN(C)c1ccccc1)NCc1ccccc1OC. The van der Waals surface area contributed by atoms with Crippen LogP contribution in [0.25, 0.3) is 0 Å². The molecular weight excluding hydrogens is 324 g/mol. The Balaban J connectivity index is 1.66. The predicted molar refractivity (Wildman–Crippen MR) is 110 cm³/mol. The monoisotopic (exact) mass is 354 g/mol. The lowest BCUT2D eigenvalue weighted by atomic mass is 10.2. The van der Waals surface area contributed by atoms with Crippen molar-refractivity contribution in [3.63, 3.8) is 0 Å². The van der Waals surface area contributed by atoms with Crippen LogP contribution in [0.2, 0.25) is 0 Å². The Labute approximate surface area is 157 Å². The zero-order valence-electron chi connectivity index (χ0n) is 16.0. The fourth-order valence-electron chi connectivity index (χ4n) is 2.74. The summed E-state index contributed by atoms with van der Waals surface area (Å²) in [7, 11) is 5.62. The summed E-state index contributed by atoms with van der Waals surface area (Å²) >= 11 is 0. The Kier molecular flexibility index (Phi) is 8.33. The summed E-state index contributed by atoms with van der Waals surface area (Å²) in [6, 6.07) is 18.5. The molecule has 5 nitrogen and oxygen atoms in total. The van der Waals surface area contributed by atoms with Crippen molar-refractivity contribution in [2.75, 3.05) is 39.2 Å². The molecule has 0 heterocycles. The molecule has 0 aliphatic heterocycles. The predicted octanol–water partition coefficient (Wildman–Crippen LogP) is 3.28. The smallest absolute Gasteiger partial charge is 0.191 e. The molecule has 0 amide bonds. The quantitative estimate of drug-likeness (QED) is 0.412. The van der Waals surface area contributed by atoms with Crippen molar-refractivity contribution >= 4 is 11.6 Å². The highest BCUT2D eigenvalue weighted by Gasteiger charge is 2.03. The molecule has 0 aliphatic rings. The van der Waals surface area contributed by atoms with Crippen molar-refractivity contribution < 1.29 is 4.74 Å². The number of benzene rings is 2. The van der Waals surface area contributed by atoms with Gasteiger partial charge in [0, 0.05) is 45.0 Å². The largest absolute Gasteiger partial charge is 0.496 e. The van der Waals surface area contributed by atoms with E-state index in [4.69, 9.17) is 4.74 Å². The van der Waals surface area contributed by atoms with Crippen molar-refractivity contribution in [3.8, 4) is 5.75 Å². The van der Waals surface area contributed by atoms with Crippen LogP contribution < -0.4 is 20.3 Å². The lowest BCUT2D eigenvalue weighted by molar-refractivity contribution is 0.409. The van der Waals surface area contributed by atoms with Gasteiger partial charge in [-0.1, -0.05) is 36.4 Å². The Morgan fingerprint density at radius 2 is 1.73 bits per heavy atom. The first-order valence-corrected chi connectivity index (χ1v) is 9.07. The first-order valence-electron chi connectivity index (χ1n) is 9.07. The fraction of sp³-hybridized carbons (Fsp3) is 0.381. The number of hydrogen-bond donors (Lipinski definition) is 2. The van der Waals surface area contributed by atoms with Gasteiger partial charge in [0.1, 0.15) is 5.75 Å². The maximum absolute atomic E-state index is 5.38. The number of ether oxygens (including phenoxy) is 1. The normalized spacial score (nSPS) is 11.1. The molecule has 0 bridgehead atoms.